The molecule has 0 rings (SSSR count). The second-order valence-electron chi connectivity index (χ2n) is 12.3. The van der Waals surface area contributed by atoms with Crippen molar-refractivity contribution in [3.63, 3.8) is 0 Å². The molecule has 3 N–H and O–H groups in total. The molecule has 39 heavy (non-hydrogen) atoms. The molecule has 0 aromatic heterocycles. The molecule has 0 aliphatic rings. The number of unbranched alkanes of at least 4 members (excludes halogenated alkanes) is 26. The van der Waals surface area contributed by atoms with Crippen LogP contribution in [0.15, 0.2) is 12.2 Å². The molecule has 0 fully saturated rings. The van der Waals surface area contributed by atoms with Crippen LogP contribution >= 0.6 is 0 Å². The Hall–Kier alpha value is -0.380. The Labute approximate surface area is 245 Å². The number of rotatable bonds is 34. The van der Waals surface area contributed by atoms with E-state index in [2.05, 4.69) is 12.2 Å². The van der Waals surface area contributed by atoms with E-state index in [0.717, 1.165) is 25.7 Å². The summed E-state index contributed by atoms with van der Waals surface area (Å²) in [5, 5.41) is 27.8. The van der Waals surface area contributed by atoms with Gasteiger partial charge in [0.15, 0.2) is 0 Å². The van der Waals surface area contributed by atoms with Crippen molar-refractivity contribution in [1.82, 2.24) is 0 Å². The topological polar surface area (TPSA) is 60.7 Å². The molecule has 1 atom stereocenters. The van der Waals surface area contributed by atoms with Crippen LogP contribution in [0.4, 0.5) is 0 Å². The van der Waals surface area contributed by atoms with Gasteiger partial charge in [-0.2, -0.15) is 0 Å². The molecule has 0 amide bonds. The summed E-state index contributed by atoms with van der Waals surface area (Å²) >= 11 is 0. The predicted octanol–water partition coefficient (Wildman–Crippen LogP) is 11.0. The van der Waals surface area contributed by atoms with Crippen LogP contribution in [0.5, 0.6) is 0 Å². The van der Waals surface area contributed by atoms with Crippen LogP contribution in [0.2, 0.25) is 0 Å². The Balaban J connectivity index is 3.16. The molecule has 0 aromatic rings. The van der Waals surface area contributed by atoms with Gasteiger partial charge in [-0.15, -0.1) is 0 Å². The van der Waals surface area contributed by atoms with Gasteiger partial charge in [0, 0.05) is 13.2 Å². The molecule has 0 aromatic carbocycles. The Morgan fingerprint density at radius 3 is 0.821 bits per heavy atom. The van der Waals surface area contributed by atoms with Crippen molar-refractivity contribution < 1.29 is 15.3 Å². The molecule has 234 valence electrons. The van der Waals surface area contributed by atoms with Gasteiger partial charge in [-0.25, -0.2) is 0 Å². The molecule has 0 aliphatic heterocycles. The first-order chi connectivity index (χ1) is 19.3. The van der Waals surface area contributed by atoms with Crippen LogP contribution in [-0.2, 0) is 0 Å². The number of allylic oxidation sites excluding steroid dienone is 2. The Morgan fingerprint density at radius 2 is 0.538 bits per heavy atom. The minimum Gasteiger partial charge on any atom is -0.396 e. The first-order valence-corrected chi connectivity index (χ1v) is 17.9. The highest BCUT2D eigenvalue weighted by Crippen LogP contribution is 2.16. The van der Waals surface area contributed by atoms with Gasteiger partial charge in [-0.05, 0) is 51.4 Å². The van der Waals surface area contributed by atoms with E-state index in [0.29, 0.717) is 13.2 Å². The zero-order valence-electron chi connectivity index (χ0n) is 26.4. The van der Waals surface area contributed by atoms with Gasteiger partial charge in [0.05, 0.1) is 6.10 Å². The molecule has 0 bridgehead atoms. The third-order valence-electron chi connectivity index (χ3n) is 8.30. The second kappa shape index (κ2) is 35.6. The lowest BCUT2D eigenvalue weighted by molar-refractivity contribution is 0.147. The monoisotopic (exact) mass is 553 g/mol. The molecule has 3 heteroatoms. The molecule has 1 unspecified atom stereocenters. The average Bonchev–Trinajstić information content (AvgIpc) is 2.94. The molecule has 0 spiro atoms. The van der Waals surface area contributed by atoms with Crippen molar-refractivity contribution >= 4 is 0 Å². The quantitative estimate of drug-likeness (QED) is 0.0549. The van der Waals surface area contributed by atoms with E-state index in [1.54, 1.807) is 0 Å². The zero-order chi connectivity index (χ0) is 28.3. The summed E-state index contributed by atoms with van der Waals surface area (Å²) in [6.07, 6.45) is 44.4. The summed E-state index contributed by atoms with van der Waals surface area (Å²) in [7, 11) is 0. The second-order valence-corrected chi connectivity index (χ2v) is 12.3. The SMILES string of the molecule is OCCCCCCCCC=CCCCCCCCCCCCCCCC(O)CCCCCCCCCCCO. The molecule has 0 saturated heterocycles. The fourth-order valence-electron chi connectivity index (χ4n) is 5.60. The third kappa shape index (κ3) is 35.6. The van der Waals surface area contributed by atoms with E-state index in [9.17, 15) is 5.11 Å². The fraction of sp³-hybridized carbons (Fsp3) is 0.944. The lowest BCUT2D eigenvalue weighted by Gasteiger charge is -2.10. The van der Waals surface area contributed by atoms with E-state index in [1.807, 2.05) is 0 Å². The smallest absolute Gasteiger partial charge is 0.0540 e. The highest BCUT2D eigenvalue weighted by atomic mass is 16.3. The van der Waals surface area contributed by atoms with Crippen LogP contribution in [0, 0.1) is 0 Å². The van der Waals surface area contributed by atoms with Gasteiger partial charge in [0.2, 0.25) is 0 Å². The average molecular weight is 553 g/mol. The van der Waals surface area contributed by atoms with E-state index in [4.69, 9.17) is 10.2 Å². The van der Waals surface area contributed by atoms with Gasteiger partial charge in [0.1, 0.15) is 0 Å². The summed E-state index contributed by atoms with van der Waals surface area (Å²) in [4.78, 5) is 0. The van der Waals surface area contributed by atoms with Crippen molar-refractivity contribution in [2.75, 3.05) is 13.2 Å². The summed E-state index contributed by atoms with van der Waals surface area (Å²) in [6, 6.07) is 0. The zero-order valence-corrected chi connectivity index (χ0v) is 26.4. The maximum atomic E-state index is 10.2. The third-order valence-corrected chi connectivity index (χ3v) is 8.30. The molecule has 3 nitrogen and oxygen atoms in total. The van der Waals surface area contributed by atoms with Gasteiger partial charge in [-0.1, -0.05) is 160 Å². The summed E-state index contributed by atoms with van der Waals surface area (Å²) < 4.78 is 0. The van der Waals surface area contributed by atoms with E-state index in [-0.39, 0.29) is 6.10 Å². The number of aliphatic hydroxyl groups is 3. The van der Waals surface area contributed by atoms with Crippen LogP contribution in [0.3, 0.4) is 0 Å². The minimum absolute atomic E-state index is 0.0667. The lowest BCUT2D eigenvalue weighted by atomic mass is 10.0. The van der Waals surface area contributed by atoms with Gasteiger partial charge >= 0.3 is 0 Å². The normalized spacial score (nSPS) is 12.6. The number of hydrogen-bond donors (Lipinski definition) is 3. The molecule has 0 aliphatic carbocycles. The summed E-state index contributed by atoms with van der Waals surface area (Å²) in [5.41, 5.74) is 0. The maximum Gasteiger partial charge on any atom is 0.0540 e. The largest absolute Gasteiger partial charge is 0.396 e. The highest BCUT2D eigenvalue weighted by Gasteiger charge is 2.04. The first kappa shape index (κ1) is 38.6. The first-order valence-electron chi connectivity index (χ1n) is 17.9. The van der Waals surface area contributed by atoms with Crippen molar-refractivity contribution in [3.8, 4) is 0 Å². The Bertz CT molecular complexity index is 451. The van der Waals surface area contributed by atoms with Crippen molar-refractivity contribution in [2.24, 2.45) is 0 Å². The maximum absolute atomic E-state index is 10.2. The van der Waals surface area contributed by atoms with Crippen LogP contribution in [0.25, 0.3) is 0 Å². The molecule has 0 radical (unpaired) electrons. The van der Waals surface area contributed by atoms with Gasteiger partial charge < -0.3 is 15.3 Å². The minimum atomic E-state index is -0.0667. The molecular formula is C36H72O3. The van der Waals surface area contributed by atoms with Crippen molar-refractivity contribution in [2.45, 2.75) is 205 Å². The number of aliphatic hydroxyl groups excluding tert-OH is 3. The van der Waals surface area contributed by atoms with Gasteiger partial charge in [-0.3, -0.25) is 0 Å². The van der Waals surface area contributed by atoms with E-state index >= 15 is 0 Å². The van der Waals surface area contributed by atoms with Crippen molar-refractivity contribution in [1.29, 1.82) is 0 Å². The molecular weight excluding hydrogens is 480 g/mol. The number of hydrogen-bond acceptors (Lipinski definition) is 3. The standard InChI is InChI=1S/C36H72O3/c37-34-30-26-22-18-14-12-10-8-6-4-2-1-3-5-7-9-11-13-16-20-24-28-32-36(39)33-29-25-21-17-15-19-23-27-31-35-38/h6,8,36-39H,1-5,7,9-35H2. The summed E-state index contributed by atoms with van der Waals surface area (Å²) in [6.45, 7) is 0.699. The Kier molecular flexibility index (Phi) is 35.3. The fourth-order valence-corrected chi connectivity index (χ4v) is 5.60. The molecule has 0 heterocycles. The predicted molar refractivity (Wildman–Crippen MR) is 172 cm³/mol. The van der Waals surface area contributed by atoms with E-state index in [1.165, 1.54) is 173 Å². The molecule has 0 saturated carbocycles. The van der Waals surface area contributed by atoms with Crippen LogP contribution in [-0.4, -0.2) is 34.6 Å². The van der Waals surface area contributed by atoms with Crippen molar-refractivity contribution in [3.05, 3.63) is 12.2 Å². The van der Waals surface area contributed by atoms with Crippen LogP contribution < -0.4 is 0 Å². The van der Waals surface area contributed by atoms with Gasteiger partial charge in [0.25, 0.3) is 0 Å². The van der Waals surface area contributed by atoms with E-state index < -0.39 is 0 Å². The lowest BCUT2D eigenvalue weighted by Crippen LogP contribution is -2.05. The Morgan fingerprint density at radius 1 is 0.308 bits per heavy atom. The summed E-state index contributed by atoms with van der Waals surface area (Å²) in [5.74, 6) is 0. The van der Waals surface area contributed by atoms with Crippen LogP contribution in [0.1, 0.15) is 199 Å². The highest BCUT2D eigenvalue weighted by molar-refractivity contribution is 4.81.